The molecule has 0 spiro atoms. The first-order valence-corrected chi connectivity index (χ1v) is 16.8. The van der Waals surface area contributed by atoms with Gasteiger partial charge in [-0.25, -0.2) is 4.98 Å². The number of furan rings is 2. The molecule has 0 aliphatic heterocycles. The summed E-state index contributed by atoms with van der Waals surface area (Å²) in [5, 5.41) is 6.31. The van der Waals surface area contributed by atoms with Gasteiger partial charge in [0.2, 0.25) is 5.95 Å². The predicted octanol–water partition coefficient (Wildman–Crippen LogP) is 11.2. The van der Waals surface area contributed by atoms with Crippen molar-refractivity contribution in [3.8, 4) is 39.9 Å². The molecule has 238 valence electrons. The lowest BCUT2D eigenvalue weighted by Crippen LogP contribution is -2.06. The average Bonchev–Trinajstić information content (AvgIpc) is 3.87. The molecule has 0 saturated heterocycles. The summed E-state index contributed by atoms with van der Waals surface area (Å²) in [7, 11) is 0. The largest absolute Gasteiger partial charge is 0.456 e. The van der Waals surface area contributed by atoms with Gasteiger partial charge in [0.15, 0.2) is 17.2 Å². The number of aromatic nitrogens is 5. The minimum atomic E-state index is 0.528. The third kappa shape index (κ3) is 4.18. The number of hydrogen-bond donors (Lipinski definition) is 0. The molecule has 0 bridgehead atoms. The number of fused-ring (bicyclic) bond motifs is 9. The summed E-state index contributed by atoms with van der Waals surface area (Å²) in [5.41, 5.74) is 9.13. The van der Waals surface area contributed by atoms with Crippen LogP contribution < -0.4 is 0 Å². The number of para-hydroxylation sites is 2. The second-order valence-corrected chi connectivity index (χ2v) is 12.7. The molecule has 0 radical (unpaired) electrons. The van der Waals surface area contributed by atoms with Gasteiger partial charge in [-0.1, -0.05) is 103 Å². The number of nitrogens with zero attached hydrogens (tertiary/aromatic N) is 5. The van der Waals surface area contributed by atoms with Crippen LogP contribution in [0.1, 0.15) is 0 Å². The summed E-state index contributed by atoms with van der Waals surface area (Å²) in [5.74, 6) is 1.67. The molecular weight excluding hydrogens is 631 g/mol. The summed E-state index contributed by atoms with van der Waals surface area (Å²) in [6.07, 6.45) is 3.53. The van der Waals surface area contributed by atoms with Crippen molar-refractivity contribution in [3.05, 3.63) is 152 Å². The van der Waals surface area contributed by atoms with Crippen molar-refractivity contribution in [2.75, 3.05) is 0 Å². The summed E-state index contributed by atoms with van der Waals surface area (Å²) in [6, 6.07) is 47.6. The smallest absolute Gasteiger partial charge is 0.238 e. The first-order valence-electron chi connectivity index (χ1n) is 16.8. The van der Waals surface area contributed by atoms with E-state index in [1.165, 1.54) is 0 Å². The van der Waals surface area contributed by atoms with Gasteiger partial charge in [0.05, 0.1) is 17.2 Å². The minimum absolute atomic E-state index is 0.528. The van der Waals surface area contributed by atoms with Gasteiger partial charge in [0.1, 0.15) is 16.7 Å². The van der Waals surface area contributed by atoms with Crippen LogP contribution in [0.25, 0.3) is 106 Å². The fourth-order valence-corrected chi connectivity index (χ4v) is 7.54. The van der Waals surface area contributed by atoms with E-state index in [0.29, 0.717) is 23.2 Å². The van der Waals surface area contributed by atoms with Crippen molar-refractivity contribution in [1.29, 1.82) is 0 Å². The molecule has 5 heterocycles. The maximum atomic E-state index is 6.26. The van der Waals surface area contributed by atoms with Gasteiger partial charge in [-0.3, -0.25) is 9.55 Å². The lowest BCUT2D eigenvalue weighted by Gasteiger charge is -2.12. The van der Waals surface area contributed by atoms with Crippen molar-refractivity contribution in [2.45, 2.75) is 0 Å². The third-order valence-electron chi connectivity index (χ3n) is 9.78. The van der Waals surface area contributed by atoms with E-state index in [1.54, 1.807) is 12.4 Å². The highest BCUT2D eigenvalue weighted by molar-refractivity contribution is 6.15. The highest BCUT2D eigenvalue weighted by Crippen LogP contribution is 2.40. The number of benzene rings is 6. The Hall–Kier alpha value is -7.12. The number of pyridine rings is 1. The normalized spacial score (nSPS) is 11.9. The van der Waals surface area contributed by atoms with Gasteiger partial charge in [0, 0.05) is 49.6 Å². The van der Waals surface area contributed by atoms with Crippen LogP contribution in [0.15, 0.2) is 161 Å². The van der Waals surface area contributed by atoms with Gasteiger partial charge in [-0.2, -0.15) is 9.97 Å². The van der Waals surface area contributed by atoms with E-state index in [2.05, 4.69) is 76.3 Å². The van der Waals surface area contributed by atoms with Crippen LogP contribution >= 0.6 is 0 Å². The Morgan fingerprint density at radius 1 is 0.431 bits per heavy atom. The molecule has 0 aliphatic rings. The summed E-state index contributed by atoms with van der Waals surface area (Å²) in [4.78, 5) is 19.8. The van der Waals surface area contributed by atoms with Crippen LogP contribution in [0.2, 0.25) is 0 Å². The Balaban J connectivity index is 1.21. The zero-order valence-corrected chi connectivity index (χ0v) is 27.0. The van der Waals surface area contributed by atoms with Crippen molar-refractivity contribution in [2.24, 2.45) is 0 Å². The van der Waals surface area contributed by atoms with Crippen molar-refractivity contribution in [3.63, 3.8) is 0 Å². The molecule has 0 atom stereocenters. The molecule has 51 heavy (non-hydrogen) atoms. The highest BCUT2D eigenvalue weighted by atomic mass is 16.3. The Morgan fingerprint density at radius 3 is 1.98 bits per heavy atom. The predicted molar refractivity (Wildman–Crippen MR) is 203 cm³/mol. The first-order chi connectivity index (χ1) is 25.3. The zero-order chi connectivity index (χ0) is 33.5. The molecule has 0 N–H and O–H groups in total. The molecule has 0 unspecified atom stereocenters. The minimum Gasteiger partial charge on any atom is -0.456 e. The van der Waals surface area contributed by atoms with Gasteiger partial charge < -0.3 is 8.83 Å². The summed E-state index contributed by atoms with van der Waals surface area (Å²) >= 11 is 0. The summed E-state index contributed by atoms with van der Waals surface area (Å²) < 4.78 is 14.6. The van der Waals surface area contributed by atoms with Gasteiger partial charge in [0.25, 0.3) is 0 Å². The molecule has 0 amide bonds. The molecule has 0 aliphatic carbocycles. The van der Waals surface area contributed by atoms with Crippen molar-refractivity contribution >= 4 is 65.7 Å². The summed E-state index contributed by atoms with van der Waals surface area (Å²) in [6.45, 7) is 0. The van der Waals surface area contributed by atoms with Crippen molar-refractivity contribution in [1.82, 2.24) is 24.5 Å². The fraction of sp³-hybridized carbons (Fsp3) is 0. The maximum Gasteiger partial charge on any atom is 0.238 e. The molecule has 0 fully saturated rings. The van der Waals surface area contributed by atoms with E-state index in [4.69, 9.17) is 23.8 Å². The van der Waals surface area contributed by atoms with Gasteiger partial charge in [-0.15, -0.1) is 0 Å². The fourth-order valence-electron chi connectivity index (χ4n) is 7.54. The van der Waals surface area contributed by atoms with Crippen LogP contribution in [0.5, 0.6) is 0 Å². The molecule has 7 nitrogen and oxygen atoms in total. The first kappa shape index (κ1) is 27.8. The average molecular weight is 656 g/mol. The molecule has 5 aromatic heterocycles. The Morgan fingerprint density at radius 2 is 1.10 bits per heavy atom. The molecule has 0 saturated carbocycles. The standard InChI is InChI=1S/C44H25N5O2/c1-2-10-26(11-3-1)42-46-43(33-15-9-19-38-41(33)32-22-23-45-25-39(32)51-38)48-44(47-42)49-34-16-6-4-12-29(34)30-21-20-27(24-35(30)49)28-14-8-18-37-40(28)31-13-5-7-17-36(31)50-37/h1-25H. The Kier molecular flexibility index (Phi) is 5.83. The SMILES string of the molecule is c1ccc(-c2nc(-c3cccc4oc5cnccc5c34)nc(-n3c4ccccc4c4ccc(-c5cccc6oc7ccccc7c56)cc43)n2)cc1. The molecule has 11 aromatic rings. The van der Waals surface area contributed by atoms with Gasteiger partial charge in [-0.05, 0) is 47.5 Å². The third-order valence-corrected chi connectivity index (χ3v) is 9.78. The van der Waals surface area contributed by atoms with E-state index in [-0.39, 0.29) is 0 Å². The van der Waals surface area contributed by atoms with E-state index >= 15 is 0 Å². The Bertz CT molecular complexity index is 3160. The van der Waals surface area contributed by atoms with Crippen LogP contribution in [0, 0.1) is 0 Å². The van der Waals surface area contributed by atoms with Crippen molar-refractivity contribution < 1.29 is 8.83 Å². The van der Waals surface area contributed by atoms with Gasteiger partial charge >= 0.3 is 0 Å². The number of rotatable bonds is 4. The number of hydrogen-bond acceptors (Lipinski definition) is 6. The second-order valence-electron chi connectivity index (χ2n) is 12.7. The van der Waals surface area contributed by atoms with Crippen LogP contribution in [0.3, 0.4) is 0 Å². The van der Waals surface area contributed by atoms with Crippen LogP contribution in [-0.4, -0.2) is 24.5 Å². The van der Waals surface area contributed by atoms with Crippen LogP contribution in [-0.2, 0) is 0 Å². The molecular formula is C44H25N5O2. The van der Waals surface area contributed by atoms with Crippen LogP contribution in [0.4, 0.5) is 0 Å². The highest BCUT2D eigenvalue weighted by Gasteiger charge is 2.21. The quantitative estimate of drug-likeness (QED) is 0.188. The monoisotopic (exact) mass is 655 g/mol. The second kappa shape index (κ2) is 10.7. The zero-order valence-electron chi connectivity index (χ0n) is 27.0. The topological polar surface area (TPSA) is 82.8 Å². The maximum absolute atomic E-state index is 6.26. The molecule has 11 rings (SSSR count). The lowest BCUT2D eigenvalue weighted by atomic mass is 9.98. The molecule has 7 heteroatoms. The Labute approximate surface area is 290 Å². The molecule has 6 aromatic carbocycles. The van der Waals surface area contributed by atoms with E-state index in [0.717, 1.165) is 82.4 Å². The van der Waals surface area contributed by atoms with E-state index in [9.17, 15) is 0 Å². The lowest BCUT2D eigenvalue weighted by molar-refractivity contribution is 0.667. The van der Waals surface area contributed by atoms with E-state index in [1.807, 2.05) is 72.8 Å². The van der Waals surface area contributed by atoms with E-state index < -0.39 is 0 Å².